The highest BCUT2D eigenvalue weighted by Gasteiger charge is 2.33. The zero-order valence-electron chi connectivity index (χ0n) is 15.5. The molecule has 140 valence electrons. The molecule has 2 fully saturated rings. The van der Waals surface area contributed by atoms with E-state index in [4.69, 9.17) is 4.99 Å². The Balaban J connectivity index is 1.94. The maximum atomic E-state index is 11.8. The zero-order valence-corrected chi connectivity index (χ0v) is 16.3. The molecule has 0 amide bonds. The van der Waals surface area contributed by atoms with E-state index in [1.165, 1.54) is 38.4 Å². The molecule has 7 heteroatoms. The third-order valence-electron chi connectivity index (χ3n) is 5.59. The third-order valence-corrected chi connectivity index (χ3v) is 6.92. The molecule has 24 heavy (non-hydrogen) atoms. The Bertz CT molecular complexity index is 527. The van der Waals surface area contributed by atoms with E-state index in [1.54, 1.807) is 4.31 Å². The molecule has 1 saturated heterocycles. The summed E-state index contributed by atoms with van der Waals surface area (Å²) in [6.45, 7) is 7.25. The third kappa shape index (κ3) is 5.09. The number of sulfonamides is 1. The van der Waals surface area contributed by atoms with Crippen molar-refractivity contribution in [3.8, 4) is 0 Å². The van der Waals surface area contributed by atoms with Crippen molar-refractivity contribution in [2.75, 3.05) is 32.4 Å². The maximum absolute atomic E-state index is 11.8. The lowest BCUT2D eigenvalue weighted by molar-refractivity contribution is 0.297. The van der Waals surface area contributed by atoms with E-state index in [0.29, 0.717) is 18.5 Å². The Morgan fingerprint density at radius 1 is 1.21 bits per heavy atom. The van der Waals surface area contributed by atoms with Crippen LogP contribution in [0.1, 0.15) is 58.8 Å². The summed E-state index contributed by atoms with van der Waals surface area (Å²) in [5.74, 6) is 0.817. The average molecular weight is 359 g/mol. The topological polar surface area (TPSA) is 73.8 Å². The number of nitrogens with one attached hydrogen (secondary N) is 2. The van der Waals surface area contributed by atoms with E-state index >= 15 is 0 Å². The minimum Gasteiger partial charge on any atom is -0.357 e. The van der Waals surface area contributed by atoms with Gasteiger partial charge in [0.15, 0.2) is 5.96 Å². The summed E-state index contributed by atoms with van der Waals surface area (Å²) in [6, 6.07) is 0.0375. The molecule has 0 unspecified atom stereocenters. The fraction of sp³-hybridized carbons (Fsp3) is 0.941. The fourth-order valence-corrected chi connectivity index (χ4v) is 5.18. The standard InChI is InChI=1S/C17H34N4O2S/c1-4-17(10-6-7-11-17)14-20-16(18-5-2)19-13-15-9-8-12-21(15)24(3,22)23/h15H,4-14H2,1-3H3,(H2,18,19,20)/t15-/m1/s1. The highest BCUT2D eigenvalue weighted by Crippen LogP contribution is 2.41. The first-order valence-corrected chi connectivity index (χ1v) is 11.2. The van der Waals surface area contributed by atoms with Gasteiger partial charge in [-0.2, -0.15) is 4.31 Å². The van der Waals surface area contributed by atoms with Crippen molar-refractivity contribution < 1.29 is 8.42 Å². The van der Waals surface area contributed by atoms with Crippen LogP contribution in [0.15, 0.2) is 4.99 Å². The molecule has 0 bridgehead atoms. The van der Waals surface area contributed by atoms with Crippen LogP contribution in [0.2, 0.25) is 0 Å². The quantitative estimate of drug-likeness (QED) is 0.539. The van der Waals surface area contributed by atoms with Gasteiger partial charge in [0.1, 0.15) is 0 Å². The van der Waals surface area contributed by atoms with Gasteiger partial charge in [0.05, 0.1) is 6.26 Å². The van der Waals surface area contributed by atoms with Gasteiger partial charge in [0.25, 0.3) is 0 Å². The molecule has 0 radical (unpaired) electrons. The highest BCUT2D eigenvalue weighted by molar-refractivity contribution is 7.88. The normalized spacial score (nSPS) is 25.1. The Kier molecular flexibility index (Phi) is 6.92. The molecule has 1 heterocycles. The summed E-state index contributed by atoms with van der Waals surface area (Å²) < 4.78 is 25.3. The van der Waals surface area contributed by atoms with Crippen LogP contribution < -0.4 is 10.6 Å². The SMILES string of the molecule is CCNC(=NCC1(CC)CCCC1)NC[C@H]1CCCN1S(C)(=O)=O. The summed E-state index contributed by atoms with van der Waals surface area (Å²) in [4.78, 5) is 4.81. The number of hydrogen-bond donors (Lipinski definition) is 2. The molecule has 0 spiro atoms. The van der Waals surface area contributed by atoms with E-state index < -0.39 is 10.0 Å². The van der Waals surface area contributed by atoms with Crippen LogP contribution in [-0.2, 0) is 10.0 Å². The lowest BCUT2D eigenvalue weighted by Gasteiger charge is -2.26. The van der Waals surface area contributed by atoms with Crippen molar-refractivity contribution in [2.45, 2.75) is 64.8 Å². The number of guanidine groups is 1. The van der Waals surface area contributed by atoms with Gasteiger partial charge in [-0.3, -0.25) is 4.99 Å². The first kappa shape index (κ1) is 19.5. The molecule has 2 rings (SSSR count). The van der Waals surface area contributed by atoms with Gasteiger partial charge in [0.2, 0.25) is 10.0 Å². The van der Waals surface area contributed by atoms with E-state index in [9.17, 15) is 8.42 Å². The molecular weight excluding hydrogens is 324 g/mol. The summed E-state index contributed by atoms with van der Waals surface area (Å²) in [5, 5.41) is 6.66. The maximum Gasteiger partial charge on any atom is 0.211 e. The molecule has 1 aliphatic carbocycles. The second-order valence-corrected chi connectivity index (χ2v) is 9.24. The molecule has 0 aromatic heterocycles. The Labute approximate surface area is 147 Å². The molecule has 1 aliphatic heterocycles. The van der Waals surface area contributed by atoms with Gasteiger partial charge in [-0.15, -0.1) is 0 Å². The van der Waals surface area contributed by atoms with Gasteiger partial charge in [0, 0.05) is 32.2 Å². The van der Waals surface area contributed by atoms with Crippen LogP contribution in [0.3, 0.4) is 0 Å². The van der Waals surface area contributed by atoms with Crippen LogP contribution in [0.5, 0.6) is 0 Å². The van der Waals surface area contributed by atoms with Gasteiger partial charge < -0.3 is 10.6 Å². The molecule has 6 nitrogen and oxygen atoms in total. The number of nitrogens with zero attached hydrogens (tertiary/aromatic N) is 2. The van der Waals surface area contributed by atoms with Crippen molar-refractivity contribution in [1.29, 1.82) is 0 Å². The van der Waals surface area contributed by atoms with Gasteiger partial charge >= 0.3 is 0 Å². The summed E-state index contributed by atoms with van der Waals surface area (Å²) in [6.07, 6.45) is 9.52. The van der Waals surface area contributed by atoms with E-state index in [2.05, 4.69) is 24.5 Å². The second kappa shape index (κ2) is 8.52. The van der Waals surface area contributed by atoms with Crippen molar-refractivity contribution in [1.82, 2.24) is 14.9 Å². The molecule has 2 aliphatic rings. The van der Waals surface area contributed by atoms with Crippen LogP contribution >= 0.6 is 0 Å². The first-order valence-electron chi connectivity index (χ1n) is 9.39. The predicted molar refractivity (Wildman–Crippen MR) is 99.7 cm³/mol. The number of hydrogen-bond acceptors (Lipinski definition) is 3. The highest BCUT2D eigenvalue weighted by atomic mass is 32.2. The Hall–Kier alpha value is -0.820. The first-order chi connectivity index (χ1) is 11.4. The summed E-state index contributed by atoms with van der Waals surface area (Å²) in [5.41, 5.74) is 0.370. The van der Waals surface area contributed by atoms with Gasteiger partial charge in [-0.25, -0.2) is 8.42 Å². The lowest BCUT2D eigenvalue weighted by atomic mass is 9.84. The van der Waals surface area contributed by atoms with Crippen LogP contribution in [0.25, 0.3) is 0 Å². The molecule has 1 atom stereocenters. The Morgan fingerprint density at radius 3 is 2.50 bits per heavy atom. The number of rotatable bonds is 7. The van der Waals surface area contributed by atoms with Crippen LogP contribution in [-0.4, -0.2) is 57.2 Å². The minimum atomic E-state index is -3.12. The van der Waals surface area contributed by atoms with Crippen molar-refractivity contribution in [2.24, 2.45) is 10.4 Å². The van der Waals surface area contributed by atoms with E-state index in [-0.39, 0.29) is 6.04 Å². The van der Waals surface area contributed by atoms with E-state index in [0.717, 1.165) is 31.9 Å². The largest absolute Gasteiger partial charge is 0.357 e. The fourth-order valence-electron chi connectivity index (χ4n) is 4.00. The molecule has 2 N–H and O–H groups in total. The molecule has 1 saturated carbocycles. The van der Waals surface area contributed by atoms with Crippen LogP contribution in [0.4, 0.5) is 0 Å². The second-order valence-electron chi connectivity index (χ2n) is 7.31. The van der Waals surface area contributed by atoms with E-state index in [1.807, 2.05) is 0 Å². The van der Waals surface area contributed by atoms with Crippen LogP contribution in [0, 0.1) is 5.41 Å². The van der Waals surface area contributed by atoms with Crippen molar-refractivity contribution in [3.05, 3.63) is 0 Å². The monoisotopic (exact) mass is 358 g/mol. The lowest BCUT2D eigenvalue weighted by Crippen LogP contribution is -2.46. The molecule has 0 aromatic carbocycles. The summed E-state index contributed by atoms with van der Waals surface area (Å²) in [7, 11) is -3.12. The molecule has 0 aromatic rings. The predicted octanol–water partition coefficient (Wildman–Crippen LogP) is 1.94. The number of aliphatic imine (C=N–C) groups is 1. The average Bonchev–Trinajstić information content (AvgIpc) is 3.19. The van der Waals surface area contributed by atoms with Crippen molar-refractivity contribution in [3.63, 3.8) is 0 Å². The van der Waals surface area contributed by atoms with Gasteiger partial charge in [-0.1, -0.05) is 19.8 Å². The van der Waals surface area contributed by atoms with Crippen molar-refractivity contribution >= 4 is 16.0 Å². The smallest absolute Gasteiger partial charge is 0.211 e. The Morgan fingerprint density at radius 2 is 1.92 bits per heavy atom. The molecular formula is C17H34N4O2S. The van der Waals surface area contributed by atoms with Gasteiger partial charge in [-0.05, 0) is 44.4 Å². The summed E-state index contributed by atoms with van der Waals surface area (Å²) >= 11 is 0. The minimum absolute atomic E-state index is 0.0375. The zero-order chi connectivity index (χ0) is 17.6.